The molecule has 0 radical (unpaired) electrons. The van der Waals surface area contributed by atoms with E-state index in [9.17, 15) is 8.42 Å². The lowest BCUT2D eigenvalue weighted by Gasteiger charge is -2.16. The molecule has 0 saturated heterocycles. The second-order valence-corrected chi connectivity index (χ2v) is 8.75. The fraction of sp³-hybridized carbons (Fsp3) is 0.167. The van der Waals surface area contributed by atoms with Gasteiger partial charge in [0.1, 0.15) is 4.21 Å². The lowest BCUT2D eigenvalue weighted by Crippen LogP contribution is -2.25. The smallest absolute Gasteiger partial charge is 0.206 e. The Labute approximate surface area is 130 Å². The molecule has 0 fully saturated rings. The lowest BCUT2D eigenvalue weighted by atomic mass is 10.2. The summed E-state index contributed by atoms with van der Waals surface area (Å²) >= 11 is 10.3. The second kappa shape index (κ2) is 5.93. The van der Waals surface area contributed by atoms with Gasteiger partial charge in [-0.3, -0.25) is 0 Å². The van der Waals surface area contributed by atoms with Crippen LogP contribution < -0.4 is 0 Å². The number of hydrogen-bond acceptors (Lipinski definition) is 3. The molecule has 2 aromatic rings. The van der Waals surface area contributed by atoms with Gasteiger partial charge in [-0.15, -0.1) is 11.3 Å². The van der Waals surface area contributed by atoms with E-state index < -0.39 is 10.0 Å². The van der Waals surface area contributed by atoms with Crippen molar-refractivity contribution < 1.29 is 8.42 Å². The fourth-order valence-electron chi connectivity index (χ4n) is 1.54. The Morgan fingerprint density at radius 3 is 2.53 bits per heavy atom. The van der Waals surface area contributed by atoms with Crippen LogP contribution in [-0.2, 0) is 16.6 Å². The first kappa shape index (κ1) is 15.0. The molecule has 0 amide bonds. The van der Waals surface area contributed by atoms with Crippen molar-refractivity contribution in [2.45, 2.75) is 10.8 Å². The van der Waals surface area contributed by atoms with Crippen molar-refractivity contribution in [3.63, 3.8) is 0 Å². The molecule has 7 heteroatoms. The predicted octanol–water partition coefficient (Wildman–Crippen LogP) is 3.98. The first-order valence-electron chi connectivity index (χ1n) is 5.36. The van der Waals surface area contributed by atoms with E-state index in [2.05, 4.69) is 15.9 Å². The molecule has 1 aromatic heterocycles. The SMILES string of the molecule is CN(Cc1ccccc1Br)S(=O)(=O)c1ccc(Cl)s1. The van der Waals surface area contributed by atoms with Gasteiger partial charge in [-0.2, -0.15) is 4.31 Å². The largest absolute Gasteiger partial charge is 0.252 e. The van der Waals surface area contributed by atoms with Crippen LogP contribution in [0.25, 0.3) is 0 Å². The molecule has 0 N–H and O–H groups in total. The van der Waals surface area contributed by atoms with Crippen molar-refractivity contribution in [2.75, 3.05) is 7.05 Å². The van der Waals surface area contributed by atoms with Gasteiger partial charge in [0.2, 0.25) is 0 Å². The van der Waals surface area contributed by atoms with E-state index in [1.54, 1.807) is 13.1 Å². The first-order chi connectivity index (χ1) is 8.91. The molecule has 0 bridgehead atoms. The predicted molar refractivity (Wildman–Crippen MR) is 82.1 cm³/mol. The maximum Gasteiger partial charge on any atom is 0.252 e. The van der Waals surface area contributed by atoms with Crippen LogP contribution >= 0.6 is 38.9 Å². The van der Waals surface area contributed by atoms with Gasteiger partial charge >= 0.3 is 0 Å². The average molecular weight is 381 g/mol. The zero-order chi connectivity index (χ0) is 14.0. The number of nitrogens with zero attached hydrogens (tertiary/aromatic N) is 1. The molecule has 0 spiro atoms. The summed E-state index contributed by atoms with van der Waals surface area (Å²) in [5.74, 6) is 0. The highest BCUT2D eigenvalue weighted by Crippen LogP contribution is 2.28. The monoisotopic (exact) mass is 379 g/mol. The number of thiophene rings is 1. The Bertz CT molecular complexity index is 685. The van der Waals surface area contributed by atoms with Crippen LogP contribution in [0.1, 0.15) is 5.56 Å². The molecule has 19 heavy (non-hydrogen) atoms. The minimum atomic E-state index is -3.49. The first-order valence-corrected chi connectivity index (χ1v) is 8.79. The highest BCUT2D eigenvalue weighted by Gasteiger charge is 2.23. The van der Waals surface area contributed by atoms with Crippen molar-refractivity contribution in [1.29, 1.82) is 0 Å². The summed E-state index contributed by atoms with van der Waals surface area (Å²) in [6, 6.07) is 10.7. The van der Waals surface area contributed by atoms with Gasteiger partial charge in [0, 0.05) is 18.1 Å². The fourth-order valence-corrected chi connectivity index (χ4v) is 4.79. The molecule has 0 aliphatic carbocycles. The zero-order valence-electron chi connectivity index (χ0n) is 10.0. The van der Waals surface area contributed by atoms with Crippen molar-refractivity contribution >= 4 is 48.9 Å². The summed E-state index contributed by atoms with van der Waals surface area (Å²) < 4.78 is 27.6. The van der Waals surface area contributed by atoms with Crippen LogP contribution in [0.2, 0.25) is 4.34 Å². The maximum atomic E-state index is 12.3. The number of sulfonamides is 1. The van der Waals surface area contributed by atoms with E-state index in [-0.39, 0.29) is 4.21 Å². The van der Waals surface area contributed by atoms with Crippen LogP contribution in [0.15, 0.2) is 45.1 Å². The molecule has 1 heterocycles. The summed E-state index contributed by atoms with van der Waals surface area (Å²) in [6.45, 7) is 0.305. The molecule has 0 atom stereocenters. The van der Waals surface area contributed by atoms with Gasteiger partial charge < -0.3 is 0 Å². The van der Waals surface area contributed by atoms with Gasteiger partial charge in [-0.1, -0.05) is 45.7 Å². The van der Waals surface area contributed by atoms with Gasteiger partial charge in [0.15, 0.2) is 0 Å². The minimum Gasteiger partial charge on any atom is -0.206 e. The second-order valence-electron chi connectivity index (χ2n) is 3.91. The molecule has 0 saturated carbocycles. The molecule has 2 rings (SSSR count). The molecule has 3 nitrogen and oxygen atoms in total. The third kappa shape index (κ3) is 3.38. The van der Waals surface area contributed by atoms with Gasteiger partial charge in [0.05, 0.1) is 4.34 Å². The standard InChI is InChI=1S/C12H11BrClNO2S2/c1-15(8-9-4-2-3-5-10(9)13)19(16,17)12-7-6-11(14)18-12/h2-7H,8H2,1H3. The molecular weight excluding hydrogens is 370 g/mol. The minimum absolute atomic E-state index is 0.257. The number of rotatable bonds is 4. The van der Waals surface area contributed by atoms with E-state index >= 15 is 0 Å². The summed E-state index contributed by atoms with van der Waals surface area (Å²) in [5, 5.41) is 0. The third-order valence-electron chi connectivity index (χ3n) is 2.56. The number of halogens is 2. The molecule has 102 valence electrons. The molecule has 0 aliphatic heterocycles. The normalized spacial score (nSPS) is 12.0. The number of hydrogen-bond donors (Lipinski definition) is 0. The van der Waals surface area contributed by atoms with Crippen LogP contribution in [0.5, 0.6) is 0 Å². The quantitative estimate of drug-likeness (QED) is 0.804. The zero-order valence-corrected chi connectivity index (χ0v) is 14.0. The average Bonchev–Trinajstić information content (AvgIpc) is 2.79. The molecule has 0 aliphatic rings. The Morgan fingerprint density at radius 1 is 1.26 bits per heavy atom. The summed E-state index contributed by atoms with van der Waals surface area (Å²) in [6.07, 6.45) is 0. The van der Waals surface area contributed by atoms with E-state index in [4.69, 9.17) is 11.6 Å². The summed E-state index contributed by atoms with van der Waals surface area (Å²) in [7, 11) is -1.93. The Hall–Kier alpha value is -0.400. The van der Waals surface area contributed by atoms with Crippen LogP contribution in [0.4, 0.5) is 0 Å². The Morgan fingerprint density at radius 2 is 1.95 bits per heavy atom. The highest BCUT2D eigenvalue weighted by molar-refractivity contribution is 9.10. The van der Waals surface area contributed by atoms with Crippen molar-refractivity contribution in [2.24, 2.45) is 0 Å². The van der Waals surface area contributed by atoms with Gasteiger partial charge in [-0.25, -0.2) is 8.42 Å². The van der Waals surface area contributed by atoms with E-state index in [1.165, 1.54) is 10.4 Å². The van der Waals surface area contributed by atoms with Crippen LogP contribution in [0.3, 0.4) is 0 Å². The van der Waals surface area contributed by atoms with E-state index in [1.807, 2.05) is 24.3 Å². The van der Waals surface area contributed by atoms with E-state index in [0.29, 0.717) is 10.9 Å². The molecule has 0 unspecified atom stereocenters. The molecule has 1 aromatic carbocycles. The molecular formula is C12H11BrClNO2S2. The van der Waals surface area contributed by atoms with Crippen molar-refractivity contribution in [3.05, 3.63) is 50.8 Å². The number of benzene rings is 1. The topological polar surface area (TPSA) is 37.4 Å². The highest BCUT2D eigenvalue weighted by atomic mass is 79.9. The van der Waals surface area contributed by atoms with Crippen LogP contribution in [0, 0.1) is 0 Å². The third-order valence-corrected chi connectivity index (χ3v) is 6.84. The van der Waals surface area contributed by atoms with Crippen molar-refractivity contribution in [3.8, 4) is 0 Å². The lowest BCUT2D eigenvalue weighted by molar-refractivity contribution is 0.468. The summed E-state index contributed by atoms with van der Waals surface area (Å²) in [4.78, 5) is 0. The van der Waals surface area contributed by atoms with Gasteiger partial charge in [-0.05, 0) is 23.8 Å². The van der Waals surface area contributed by atoms with Crippen LogP contribution in [-0.4, -0.2) is 19.8 Å². The summed E-state index contributed by atoms with van der Waals surface area (Å²) in [5.41, 5.74) is 0.913. The van der Waals surface area contributed by atoms with E-state index in [0.717, 1.165) is 21.4 Å². The van der Waals surface area contributed by atoms with Crippen molar-refractivity contribution in [1.82, 2.24) is 4.31 Å². The maximum absolute atomic E-state index is 12.3. The van der Waals surface area contributed by atoms with Gasteiger partial charge in [0.25, 0.3) is 10.0 Å². The Kier molecular flexibility index (Phi) is 4.68. The Balaban J connectivity index is 2.25.